The summed E-state index contributed by atoms with van der Waals surface area (Å²) >= 11 is 1.19. The molecule has 0 N–H and O–H groups in total. The van der Waals surface area contributed by atoms with Gasteiger partial charge in [0.15, 0.2) is 5.76 Å². The Morgan fingerprint density at radius 2 is 1.79 bits per heavy atom. The van der Waals surface area contributed by atoms with Crippen molar-refractivity contribution in [1.29, 1.82) is 0 Å². The second-order valence-electron chi connectivity index (χ2n) is 7.23. The van der Waals surface area contributed by atoms with Crippen molar-refractivity contribution >= 4 is 33.2 Å². The van der Waals surface area contributed by atoms with Crippen LogP contribution in [0.3, 0.4) is 0 Å². The van der Waals surface area contributed by atoms with Gasteiger partial charge in [-0.05, 0) is 36.4 Å². The lowest BCUT2D eigenvalue weighted by Gasteiger charge is -2.38. The molecule has 4 heterocycles. The maximum Gasteiger partial charge on any atom is 0.289 e. The molecule has 10 heteroatoms. The molecule has 29 heavy (non-hydrogen) atoms. The summed E-state index contributed by atoms with van der Waals surface area (Å²) in [5.74, 6) is -0.244. The van der Waals surface area contributed by atoms with E-state index in [0.29, 0.717) is 55.5 Å². The Morgan fingerprint density at radius 3 is 2.45 bits per heavy atom. The van der Waals surface area contributed by atoms with Gasteiger partial charge in [-0.1, -0.05) is 6.07 Å². The summed E-state index contributed by atoms with van der Waals surface area (Å²) in [6.07, 6.45) is 2.81. The topological polar surface area (TPSA) is 91.1 Å². The van der Waals surface area contributed by atoms with Gasteiger partial charge in [0, 0.05) is 39.3 Å². The first-order chi connectivity index (χ1) is 14.0. The molecular formula is C19H23N3O5S2. The van der Waals surface area contributed by atoms with E-state index in [-0.39, 0.29) is 24.3 Å². The molecule has 4 rings (SSSR count). The standard InChI is InChI=1S/C19H23N3O5S2/c23-18(20-8-10-21(11-9-20)19(24)16-5-2-12-27-16)15-4-1-7-22(14-15)29(25,26)17-6-3-13-28-17/h2-3,5-6,12-13,15H,1,4,7-11,14H2/t15-/m1/s1. The Balaban J connectivity index is 1.36. The van der Waals surface area contributed by atoms with Crippen LogP contribution in [0.1, 0.15) is 23.4 Å². The first kappa shape index (κ1) is 20.1. The average Bonchev–Trinajstić information content (AvgIpc) is 3.47. The summed E-state index contributed by atoms with van der Waals surface area (Å²) in [5.41, 5.74) is 0. The van der Waals surface area contributed by atoms with Gasteiger partial charge in [0.25, 0.3) is 15.9 Å². The summed E-state index contributed by atoms with van der Waals surface area (Å²) in [4.78, 5) is 28.8. The first-order valence-corrected chi connectivity index (χ1v) is 11.9. The number of piperidine rings is 1. The van der Waals surface area contributed by atoms with E-state index in [1.165, 1.54) is 21.9 Å². The van der Waals surface area contributed by atoms with Crippen LogP contribution in [-0.4, -0.2) is 73.6 Å². The zero-order chi connectivity index (χ0) is 20.4. The Morgan fingerprint density at radius 1 is 1.03 bits per heavy atom. The van der Waals surface area contributed by atoms with Gasteiger partial charge in [-0.2, -0.15) is 4.31 Å². The third kappa shape index (κ3) is 4.10. The van der Waals surface area contributed by atoms with Crippen LogP contribution in [0.2, 0.25) is 0 Å². The summed E-state index contributed by atoms with van der Waals surface area (Å²) in [5, 5.41) is 1.74. The van der Waals surface area contributed by atoms with E-state index < -0.39 is 10.0 Å². The van der Waals surface area contributed by atoms with Crippen LogP contribution in [0.25, 0.3) is 0 Å². The molecule has 2 amide bonds. The zero-order valence-corrected chi connectivity index (χ0v) is 17.5. The molecule has 2 aromatic heterocycles. The van der Waals surface area contributed by atoms with Gasteiger partial charge in [0.2, 0.25) is 5.91 Å². The number of hydrogen-bond acceptors (Lipinski definition) is 6. The second kappa shape index (κ2) is 8.29. The Hall–Kier alpha value is -2.17. The van der Waals surface area contributed by atoms with Crippen LogP contribution in [0.4, 0.5) is 0 Å². The van der Waals surface area contributed by atoms with E-state index >= 15 is 0 Å². The Labute approximate surface area is 173 Å². The summed E-state index contributed by atoms with van der Waals surface area (Å²) < 4.78 is 32.5. The second-order valence-corrected chi connectivity index (χ2v) is 10.3. The maximum atomic E-state index is 13.0. The number of hydrogen-bond donors (Lipinski definition) is 0. The Bertz CT molecular complexity index is 948. The van der Waals surface area contributed by atoms with Crippen molar-refractivity contribution in [2.24, 2.45) is 5.92 Å². The van der Waals surface area contributed by atoms with Crippen LogP contribution in [-0.2, 0) is 14.8 Å². The van der Waals surface area contributed by atoms with Gasteiger partial charge >= 0.3 is 0 Å². The maximum absolute atomic E-state index is 13.0. The van der Waals surface area contributed by atoms with Crippen molar-refractivity contribution in [3.05, 3.63) is 41.7 Å². The van der Waals surface area contributed by atoms with Gasteiger partial charge in [-0.25, -0.2) is 8.42 Å². The highest BCUT2D eigenvalue weighted by Crippen LogP contribution is 2.27. The van der Waals surface area contributed by atoms with Crippen molar-refractivity contribution in [1.82, 2.24) is 14.1 Å². The lowest BCUT2D eigenvalue weighted by molar-refractivity contribution is -0.138. The summed E-state index contributed by atoms with van der Waals surface area (Å²) in [6.45, 7) is 2.42. The highest BCUT2D eigenvalue weighted by molar-refractivity contribution is 7.91. The minimum absolute atomic E-state index is 0.0267. The van der Waals surface area contributed by atoms with E-state index in [2.05, 4.69) is 0 Å². The molecule has 2 aliphatic rings. The number of thiophene rings is 1. The molecule has 2 saturated heterocycles. The number of carbonyl (C=O) groups excluding carboxylic acids is 2. The molecule has 0 radical (unpaired) electrons. The van der Waals surface area contributed by atoms with Gasteiger partial charge in [-0.15, -0.1) is 11.3 Å². The molecule has 0 saturated carbocycles. The third-order valence-corrected chi connectivity index (χ3v) is 8.67. The third-order valence-electron chi connectivity index (χ3n) is 5.43. The largest absolute Gasteiger partial charge is 0.459 e. The molecule has 0 bridgehead atoms. The average molecular weight is 438 g/mol. The fourth-order valence-corrected chi connectivity index (χ4v) is 6.51. The number of sulfonamides is 1. The molecule has 8 nitrogen and oxygen atoms in total. The number of carbonyl (C=O) groups is 2. The molecular weight excluding hydrogens is 414 g/mol. The van der Waals surface area contributed by atoms with Crippen molar-refractivity contribution in [3.8, 4) is 0 Å². The molecule has 2 fully saturated rings. The SMILES string of the molecule is O=C(c1ccco1)N1CCN(C(=O)[C@@H]2CCCN(S(=O)(=O)c3cccs3)C2)CC1. The van der Waals surface area contributed by atoms with Crippen LogP contribution in [0.5, 0.6) is 0 Å². The number of piperazine rings is 1. The number of rotatable bonds is 4. The predicted octanol–water partition coefficient (Wildman–Crippen LogP) is 1.73. The number of furan rings is 1. The van der Waals surface area contributed by atoms with E-state index in [1.54, 1.807) is 39.4 Å². The van der Waals surface area contributed by atoms with Crippen molar-refractivity contribution < 1.29 is 22.4 Å². The normalized spacial score (nSPS) is 21.3. The summed E-state index contributed by atoms with van der Waals surface area (Å²) in [7, 11) is -3.54. The molecule has 2 aliphatic heterocycles. The molecule has 0 spiro atoms. The van der Waals surface area contributed by atoms with Crippen LogP contribution < -0.4 is 0 Å². The van der Waals surface area contributed by atoms with E-state index in [9.17, 15) is 18.0 Å². The fraction of sp³-hybridized carbons (Fsp3) is 0.474. The molecule has 156 valence electrons. The van der Waals surface area contributed by atoms with Gasteiger partial charge < -0.3 is 14.2 Å². The molecule has 1 atom stereocenters. The quantitative estimate of drug-likeness (QED) is 0.727. The van der Waals surface area contributed by atoms with Crippen molar-refractivity contribution in [2.75, 3.05) is 39.3 Å². The molecule has 0 aliphatic carbocycles. The minimum atomic E-state index is -3.54. The predicted molar refractivity (Wildman–Crippen MR) is 107 cm³/mol. The minimum Gasteiger partial charge on any atom is -0.459 e. The number of amides is 2. The van der Waals surface area contributed by atoms with E-state index in [1.807, 2.05) is 0 Å². The first-order valence-electron chi connectivity index (χ1n) is 9.62. The highest BCUT2D eigenvalue weighted by Gasteiger charge is 2.36. The van der Waals surface area contributed by atoms with E-state index in [4.69, 9.17) is 4.42 Å². The van der Waals surface area contributed by atoms with Gasteiger partial charge in [0.05, 0.1) is 12.2 Å². The lowest BCUT2D eigenvalue weighted by Crippen LogP contribution is -2.54. The fourth-order valence-electron chi connectivity index (χ4n) is 3.84. The van der Waals surface area contributed by atoms with Crippen molar-refractivity contribution in [3.63, 3.8) is 0 Å². The smallest absolute Gasteiger partial charge is 0.289 e. The number of nitrogens with zero attached hydrogens (tertiary/aromatic N) is 3. The lowest BCUT2D eigenvalue weighted by atomic mass is 9.97. The van der Waals surface area contributed by atoms with Gasteiger partial charge in [0.1, 0.15) is 4.21 Å². The van der Waals surface area contributed by atoms with Gasteiger partial charge in [-0.3, -0.25) is 9.59 Å². The molecule has 2 aromatic rings. The molecule has 0 unspecified atom stereocenters. The summed E-state index contributed by atoms with van der Waals surface area (Å²) in [6, 6.07) is 6.62. The zero-order valence-electron chi connectivity index (χ0n) is 15.9. The van der Waals surface area contributed by atoms with Crippen LogP contribution in [0.15, 0.2) is 44.5 Å². The van der Waals surface area contributed by atoms with Crippen molar-refractivity contribution in [2.45, 2.75) is 17.1 Å². The Kier molecular flexibility index (Phi) is 5.75. The van der Waals surface area contributed by atoms with Crippen LogP contribution >= 0.6 is 11.3 Å². The highest BCUT2D eigenvalue weighted by atomic mass is 32.2. The molecule has 0 aromatic carbocycles. The van der Waals surface area contributed by atoms with E-state index in [0.717, 1.165) is 0 Å². The van der Waals surface area contributed by atoms with Crippen LogP contribution in [0, 0.1) is 5.92 Å². The monoisotopic (exact) mass is 437 g/mol.